The van der Waals surface area contributed by atoms with E-state index >= 15 is 0 Å². The van der Waals surface area contributed by atoms with Crippen molar-refractivity contribution < 1.29 is 9.53 Å². The van der Waals surface area contributed by atoms with E-state index in [2.05, 4.69) is 36.4 Å². The van der Waals surface area contributed by atoms with E-state index in [0.29, 0.717) is 15.1 Å². The number of ether oxygens (including phenoxy) is 1. The fourth-order valence-corrected chi connectivity index (χ4v) is 5.14. The molecule has 0 saturated heterocycles. The number of esters is 1. The van der Waals surface area contributed by atoms with Gasteiger partial charge in [-0.1, -0.05) is 77.1 Å². The van der Waals surface area contributed by atoms with Crippen LogP contribution in [-0.4, -0.2) is 15.5 Å². The summed E-state index contributed by atoms with van der Waals surface area (Å²) in [5.74, 6) is -0.240. The van der Waals surface area contributed by atoms with Crippen molar-refractivity contribution in [1.82, 2.24) is 0 Å². The van der Waals surface area contributed by atoms with Crippen LogP contribution in [-0.2, 0) is 10.3 Å². The summed E-state index contributed by atoms with van der Waals surface area (Å²) in [6.45, 7) is 0. The summed E-state index contributed by atoms with van der Waals surface area (Å²) >= 11 is 0. The molecular formula is C20H12O2Si. The smallest absolute Gasteiger partial charge is 0.340 e. The Kier molecular flexibility index (Phi) is 2.47. The summed E-state index contributed by atoms with van der Waals surface area (Å²) in [7, 11) is 0.583. The molecule has 3 aromatic carbocycles. The molecule has 2 nitrogen and oxygen atoms in total. The van der Waals surface area contributed by atoms with Crippen molar-refractivity contribution in [3.8, 4) is 0 Å². The lowest BCUT2D eigenvalue weighted by atomic mass is 9.79. The zero-order chi connectivity index (χ0) is 15.4. The first-order valence-corrected chi connectivity index (χ1v) is 8.59. The lowest BCUT2D eigenvalue weighted by Gasteiger charge is -2.36. The third-order valence-electron chi connectivity index (χ3n) is 4.65. The molecule has 5 rings (SSSR count). The molecule has 23 heavy (non-hydrogen) atoms. The highest BCUT2D eigenvalue weighted by molar-refractivity contribution is 6.69. The van der Waals surface area contributed by atoms with Gasteiger partial charge in [-0.05, 0) is 6.07 Å². The van der Waals surface area contributed by atoms with Crippen molar-refractivity contribution in [1.29, 1.82) is 0 Å². The van der Waals surface area contributed by atoms with Crippen molar-refractivity contribution in [2.45, 2.75) is 5.60 Å². The number of carbonyl (C=O) groups excluding carboxylic acids is 1. The number of rotatable bonds is 0. The summed E-state index contributed by atoms with van der Waals surface area (Å²) in [4.78, 5) is 12.5. The van der Waals surface area contributed by atoms with Crippen LogP contribution in [0.4, 0.5) is 0 Å². The van der Waals surface area contributed by atoms with Crippen LogP contribution in [0, 0.1) is 0 Å². The molecule has 2 heterocycles. The summed E-state index contributed by atoms with van der Waals surface area (Å²) in [6.07, 6.45) is 0. The number of benzene rings is 3. The second-order valence-corrected chi connectivity index (χ2v) is 7.16. The molecule has 0 aliphatic carbocycles. The predicted molar refractivity (Wildman–Crippen MR) is 89.6 cm³/mol. The molecule has 0 saturated carbocycles. The minimum absolute atomic E-state index is 0.240. The maximum atomic E-state index is 12.5. The van der Waals surface area contributed by atoms with Crippen molar-refractivity contribution >= 4 is 25.9 Å². The van der Waals surface area contributed by atoms with Gasteiger partial charge in [0.25, 0.3) is 0 Å². The highest BCUT2D eigenvalue weighted by Gasteiger charge is 2.51. The molecule has 0 atom stereocenters. The van der Waals surface area contributed by atoms with Crippen LogP contribution in [0.5, 0.6) is 0 Å². The van der Waals surface area contributed by atoms with Gasteiger partial charge in [0.2, 0.25) is 0 Å². The van der Waals surface area contributed by atoms with Crippen LogP contribution in [0.15, 0.2) is 72.8 Å². The first-order valence-electron chi connectivity index (χ1n) is 7.59. The number of fused-ring (bicyclic) bond motifs is 6. The highest BCUT2D eigenvalue weighted by Crippen LogP contribution is 2.46. The van der Waals surface area contributed by atoms with Crippen LogP contribution in [0.1, 0.15) is 27.0 Å². The van der Waals surface area contributed by atoms with E-state index in [1.54, 1.807) is 0 Å². The topological polar surface area (TPSA) is 26.3 Å². The fourth-order valence-electron chi connectivity index (χ4n) is 3.71. The maximum absolute atomic E-state index is 12.5. The highest BCUT2D eigenvalue weighted by atomic mass is 28.2. The molecule has 0 aromatic heterocycles. The van der Waals surface area contributed by atoms with E-state index < -0.39 is 5.60 Å². The van der Waals surface area contributed by atoms with E-state index in [1.165, 1.54) is 10.4 Å². The monoisotopic (exact) mass is 312 g/mol. The van der Waals surface area contributed by atoms with E-state index in [1.807, 2.05) is 36.4 Å². The van der Waals surface area contributed by atoms with E-state index in [-0.39, 0.29) is 5.97 Å². The molecule has 108 valence electrons. The van der Waals surface area contributed by atoms with Crippen molar-refractivity contribution in [3.05, 3.63) is 95.1 Å². The largest absolute Gasteiger partial charge is 0.441 e. The van der Waals surface area contributed by atoms with Crippen molar-refractivity contribution in [3.63, 3.8) is 0 Å². The number of hydrogen-bond acceptors (Lipinski definition) is 2. The van der Waals surface area contributed by atoms with E-state index in [9.17, 15) is 4.79 Å². The molecule has 3 heteroatoms. The van der Waals surface area contributed by atoms with Gasteiger partial charge in [-0.2, -0.15) is 0 Å². The molecule has 2 radical (unpaired) electrons. The average Bonchev–Trinajstić information content (AvgIpc) is 2.90. The van der Waals surface area contributed by atoms with Gasteiger partial charge in [-0.25, -0.2) is 4.79 Å². The van der Waals surface area contributed by atoms with Gasteiger partial charge in [0.1, 0.15) is 9.52 Å². The minimum Gasteiger partial charge on any atom is -0.441 e. The third-order valence-corrected chi connectivity index (χ3v) is 6.06. The van der Waals surface area contributed by atoms with E-state index in [4.69, 9.17) is 4.74 Å². The SMILES string of the molecule is O=C1OC2(c3ccccc3[Si]c3ccccc32)c2ccccc21. The Balaban J connectivity index is 1.93. The Morgan fingerprint density at radius 3 is 1.87 bits per heavy atom. The standard InChI is InChI=1S/C20H12O2Si/c21-19-13-7-1-2-8-14(13)20(22-19)15-9-3-5-11-17(15)23-18-12-6-4-10-16(18)20/h1-12H. The number of hydrogen-bond donors (Lipinski definition) is 0. The maximum Gasteiger partial charge on any atom is 0.340 e. The Hall–Kier alpha value is -2.65. The zero-order valence-electron chi connectivity index (χ0n) is 12.2. The molecule has 0 N–H and O–H groups in total. The average molecular weight is 312 g/mol. The predicted octanol–water partition coefficient (Wildman–Crippen LogP) is 2.12. The Morgan fingerprint density at radius 2 is 1.22 bits per heavy atom. The third kappa shape index (κ3) is 1.55. The van der Waals surface area contributed by atoms with Crippen LogP contribution in [0.3, 0.4) is 0 Å². The van der Waals surface area contributed by atoms with Gasteiger partial charge in [0.15, 0.2) is 5.60 Å². The first kappa shape index (κ1) is 12.8. The van der Waals surface area contributed by atoms with Crippen molar-refractivity contribution in [2.75, 3.05) is 0 Å². The Bertz CT molecular complexity index is 916. The molecule has 0 fully saturated rings. The fraction of sp³-hybridized carbons (Fsp3) is 0.0500. The normalized spacial score (nSPS) is 16.4. The second kappa shape index (κ2) is 4.43. The van der Waals surface area contributed by atoms with E-state index in [0.717, 1.165) is 16.7 Å². The van der Waals surface area contributed by atoms with Crippen LogP contribution < -0.4 is 10.4 Å². The molecule has 2 aliphatic rings. The van der Waals surface area contributed by atoms with Gasteiger partial charge in [-0.15, -0.1) is 0 Å². The van der Waals surface area contributed by atoms with Gasteiger partial charge in [0, 0.05) is 16.7 Å². The molecular weight excluding hydrogens is 300 g/mol. The molecule has 3 aromatic rings. The summed E-state index contributed by atoms with van der Waals surface area (Å²) in [5.41, 5.74) is 3.01. The summed E-state index contributed by atoms with van der Waals surface area (Å²) < 4.78 is 6.08. The molecule has 2 aliphatic heterocycles. The zero-order valence-corrected chi connectivity index (χ0v) is 13.2. The summed E-state index contributed by atoms with van der Waals surface area (Å²) in [5, 5.41) is 2.49. The molecule has 0 unspecified atom stereocenters. The molecule has 0 bridgehead atoms. The lowest BCUT2D eigenvalue weighted by molar-refractivity contribution is 0.0255. The van der Waals surface area contributed by atoms with Gasteiger partial charge >= 0.3 is 5.97 Å². The Labute approximate surface area is 136 Å². The molecule has 1 spiro atoms. The first-order chi connectivity index (χ1) is 11.3. The summed E-state index contributed by atoms with van der Waals surface area (Å²) in [6, 6.07) is 24.3. The van der Waals surface area contributed by atoms with Gasteiger partial charge in [-0.3, -0.25) is 0 Å². The minimum atomic E-state index is -0.799. The van der Waals surface area contributed by atoms with Crippen LogP contribution >= 0.6 is 0 Å². The van der Waals surface area contributed by atoms with Gasteiger partial charge < -0.3 is 4.74 Å². The lowest BCUT2D eigenvalue weighted by Crippen LogP contribution is -2.49. The second-order valence-electron chi connectivity index (χ2n) is 5.83. The molecule has 0 amide bonds. The Morgan fingerprint density at radius 1 is 0.696 bits per heavy atom. The van der Waals surface area contributed by atoms with Crippen LogP contribution in [0.2, 0.25) is 0 Å². The van der Waals surface area contributed by atoms with Crippen LogP contribution in [0.25, 0.3) is 0 Å². The number of carbonyl (C=O) groups is 1. The quantitative estimate of drug-likeness (QED) is 0.469. The van der Waals surface area contributed by atoms with Crippen molar-refractivity contribution in [2.24, 2.45) is 0 Å². The van der Waals surface area contributed by atoms with Gasteiger partial charge in [0.05, 0.1) is 5.56 Å².